The van der Waals surface area contributed by atoms with E-state index in [9.17, 15) is 28.8 Å². The monoisotopic (exact) mass is 1260 g/mol. The number of esters is 6. The Morgan fingerprint density at radius 2 is 0.663 bits per heavy atom. The molecule has 0 saturated carbocycles. The molecule has 2 aliphatic rings. The summed E-state index contributed by atoms with van der Waals surface area (Å²) in [6.45, 7) is 16.0. The van der Waals surface area contributed by atoms with Gasteiger partial charge >= 0.3 is 35.8 Å². The lowest BCUT2D eigenvalue weighted by Crippen LogP contribution is -2.66. The average molecular weight is 1260 g/mol. The van der Waals surface area contributed by atoms with Crippen LogP contribution in [-0.4, -0.2) is 189 Å². The number of carbonyl (C=O) groups is 6. The standard InChI is InChI=1S/C62H110N12O15/c1-7-13-19-25-49(75)83-55-47(43-73-41-45(67-69-73)39-71(35-31-63)36-32-64)81-61(59(87-53(79)29-23-17-11-5)57(55)85-51(77)27-21-15-9-3)89-62-60(88-54(80)30-24-18-12-6)58(86-52(78)28-22-16-10-4)56(84-50(76)26-20-14-8-2)48(82-62)44-74-42-46(68-70-74)40-72(37-33-65)38-34-66/h41-42,47-48,55-62H,7-40,43-44,63-66H2,1-6H3/t47-,48-,55-,56-,57+,58+,59-,60+,61-,62-/m1/s1. The molecule has 4 heterocycles. The van der Waals surface area contributed by atoms with Crippen molar-refractivity contribution in [1.82, 2.24) is 39.8 Å². The number of carbonyl (C=O) groups excluding carboxylic acids is 6. The van der Waals surface area contributed by atoms with Crippen LogP contribution in [0, 0.1) is 0 Å². The van der Waals surface area contributed by atoms with Crippen LogP contribution < -0.4 is 22.9 Å². The minimum Gasteiger partial charge on any atom is -0.455 e. The molecule has 89 heavy (non-hydrogen) atoms. The zero-order valence-electron chi connectivity index (χ0n) is 54.4. The SMILES string of the molecule is CCCCCC(=O)O[C@@H]1[C@H](OC(=O)CCCCC)[C@@H](O[C@H]2O[C@H](Cn3cc(CN(CCN)CCN)nn3)[C@@H](OC(=O)CCCCC)[C@H](OC(=O)CCCCC)[C@H]2OC(=O)CCCCC)O[C@H](Cn2cc(CN(CCN)CCN)nn2)[C@H]1OC(=O)CCCCC. The quantitative estimate of drug-likeness (QED) is 0.0364. The van der Waals surface area contributed by atoms with Gasteiger partial charge in [-0.15, -0.1) is 10.2 Å². The summed E-state index contributed by atoms with van der Waals surface area (Å²) in [5.41, 5.74) is 24.9. The van der Waals surface area contributed by atoms with Crippen molar-refractivity contribution in [2.45, 2.75) is 283 Å². The van der Waals surface area contributed by atoms with Crippen LogP contribution in [0.2, 0.25) is 0 Å². The van der Waals surface area contributed by atoms with E-state index in [4.69, 9.17) is 65.6 Å². The van der Waals surface area contributed by atoms with Crippen LogP contribution in [0.5, 0.6) is 0 Å². The van der Waals surface area contributed by atoms with Crippen LogP contribution in [0.3, 0.4) is 0 Å². The zero-order valence-corrected chi connectivity index (χ0v) is 54.4. The van der Waals surface area contributed by atoms with Crippen LogP contribution in [0.4, 0.5) is 0 Å². The van der Waals surface area contributed by atoms with Crippen LogP contribution in [0.1, 0.15) is 207 Å². The Bertz CT molecular complexity index is 2150. The Balaban J connectivity index is 2.03. The molecule has 27 nitrogen and oxygen atoms in total. The van der Waals surface area contributed by atoms with E-state index in [1.54, 1.807) is 12.4 Å². The molecule has 0 aromatic carbocycles. The molecular formula is C62H110N12O15. The van der Waals surface area contributed by atoms with Gasteiger partial charge in [0.15, 0.2) is 36.6 Å². The molecule has 2 aliphatic heterocycles. The number of hydrogen-bond acceptors (Lipinski definition) is 25. The third kappa shape index (κ3) is 28.0. The minimum absolute atomic E-state index is 0.0135. The Hall–Kier alpha value is -5.26. The van der Waals surface area contributed by atoms with E-state index in [0.717, 1.165) is 51.4 Å². The van der Waals surface area contributed by atoms with Crippen LogP contribution >= 0.6 is 0 Å². The number of nitrogens with zero attached hydrogens (tertiary/aromatic N) is 8. The van der Waals surface area contributed by atoms with Crippen molar-refractivity contribution >= 4 is 35.8 Å². The molecule has 0 bridgehead atoms. The minimum atomic E-state index is -1.79. The van der Waals surface area contributed by atoms with Gasteiger partial charge in [-0.05, 0) is 38.5 Å². The maximum Gasteiger partial charge on any atom is 0.306 e. The fraction of sp³-hybridized carbons (Fsp3) is 0.839. The van der Waals surface area contributed by atoms with Gasteiger partial charge in [0.05, 0.1) is 24.5 Å². The van der Waals surface area contributed by atoms with Crippen LogP contribution in [0.25, 0.3) is 0 Å². The van der Waals surface area contributed by atoms with Gasteiger partial charge in [-0.2, -0.15) is 0 Å². The summed E-state index contributed by atoms with van der Waals surface area (Å²) in [6.07, 6.45) is -0.407. The highest BCUT2D eigenvalue weighted by atomic mass is 16.8. The molecule has 4 rings (SSSR count). The van der Waals surface area contributed by atoms with Crippen molar-refractivity contribution in [2.75, 3.05) is 52.4 Å². The fourth-order valence-electron chi connectivity index (χ4n) is 10.7. The molecule has 0 amide bonds. The molecule has 0 radical (unpaired) electrons. The van der Waals surface area contributed by atoms with E-state index in [0.29, 0.717) is 141 Å². The first-order valence-electron chi connectivity index (χ1n) is 33.3. The van der Waals surface area contributed by atoms with E-state index < -0.39 is 97.2 Å². The highest BCUT2D eigenvalue weighted by Gasteiger charge is 2.58. The van der Waals surface area contributed by atoms with E-state index >= 15 is 0 Å². The van der Waals surface area contributed by atoms with Gasteiger partial charge in [0.25, 0.3) is 0 Å². The van der Waals surface area contributed by atoms with Gasteiger partial charge < -0.3 is 65.6 Å². The number of ether oxygens (including phenoxy) is 9. The second-order valence-electron chi connectivity index (χ2n) is 23.3. The zero-order chi connectivity index (χ0) is 64.8. The second kappa shape index (κ2) is 44.3. The molecular weight excluding hydrogens is 1150 g/mol. The van der Waals surface area contributed by atoms with Crippen molar-refractivity contribution in [3.05, 3.63) is 23.8 Å². The Morgan fingerprint density at radius 3 is 0.921 bits per heavy atom. The lowest BCUT2D eigenvalue weighted by atomic mass is 9.96. The molecule has 10 atom stereocenters. The second-order valence-corrected chi connectivity index (χ2v) is 23.3. The summed E-state index contributed by atoms with van der Waals surface area (Å²) >= 11 is 0. The summed E-state index contributed by atoms with van der Waals surface area (Å²) in [6, 6.07) is 0. The van der Waals surface area contributed by atoms with Crippen molar-refractivity contribution in [2.24, 2.45) is 22.9 Å². The average Bonchev–Trinajstić information content (AvgIpc) is 1.29. The van der Waals surface area contributed by atoms with Crippen molar-refractivity contribution in [3.8, 4) is 0 Å². The molecule has 0 unspecified atom stereocenters. The highest BCUT2D eigenvalue weighted by Crippen LogP contribution is 2.37. The maximum atomic E-state index is 14.3. The third-order valence-corrected chi connectivity index (χ3v) is 15.4. The number of rotatable bonds is 48. The number of aromatic nitrogens is 6. The van der Waals surface area contributed by atoms with Crippen molar-refractivity contribution < 1.29 is 71.4 Å². The largest absolute Gasteiger partial charge is 0.455 e. The molecule has 2 fully saturated rings. The predicted molar refractivity (Wildman–Crippen MR) is 329 cm³/mol. The third-order valence-electron chi connectivity index (χ3n) is 15.4. The lowest BCUT2D eigenvalue weighted by Gasteiger charge is -2.48. The smallest absolute Gasteiger partial charge is 0.306 e. The maximum absolute atomic E-state index is 14.3. The van der Waals surface area contributed by atoms with E-state index in [-0.39, 0.29) is 51.6 Å². The van der Waals surface area contributed by atoms with E-state index in [1.807, 2.05) is 51.3 Å². The number of hydrogen-bond donors (Lipinski definition) is 4. The summed E-state index contributed by atoms with van der Waals surface area (Å²) in [4.78, 5) is 89.5. The van der Waals surface area contributed by atoms with Gasteiger partial charge in [-0.3, -0.25) is 38.6 Å². The molecule has 508 valence electrons. The first kappa shape index (κ1) is 76.2. The Kier molecular flexibility index (Phi) is 37.9. The topological polar surface area (TPSA) is 357 Å². The number of unbranched alkanes of at least 4 members (excludes halogenated alkanes) is 12. The van der Waals surface area contributed by atoms with Crippen molar-refractivity contribution in [1.29, 1.82) is 0 Å². The van der Waals surface area contributed by atoms with E-state index in [1.165, 1.54) is 9.36 Å². The summed E-state index contributed by atoms with van der Waals surface area (Å²) in [5, 5.41) is 17.8. The Labute approximate surface area is 527 Å². The molecule has 0 aliphatic carbocycles. The van der Waals surface area contributed by atoms with Gasteiger partial charge in [-0.25, -0.2) is 9.36 Å². The van der Waals surface area contributed by atoms with Crippen molar-refractivity contribution in [3.63, 3.8) is 0 Å². The molecule has 2 aromatic heterocycles. The first-order chi connectivity index (χ1) is 43.2. The number of nitrogens with two attached hydrogens (primary N) is 4. The summed E-state index contributed by atoms with van der Waals surface area (Å²) < 4.78 is 62.4. The normalized spacial score (nSPS) is 21.8. The first-order valence-corrected chi connectivity index (χ1v) is 33.3. The molecule has 2 aromatic rings. The van der Waals surface area contributed by atoms with Crippen LogP contribution in [-0.2, 0) is 97.6 Å². The molecule has 0 spiro atoms. The van der Waals surface area contributed by atoms with E-state index in [2.05, 4.69) is 20.6 Å². The molecule has 8 N–H and O–H groups in total. The lowest BCUT2D eigenvalue weighted by molar-refractivity contribution is -0.376. The fourth-order valence-corrected chi connectivity index (χ4v) is 10.7. The molecule has 27 heteroatoms. The van der Waals surface area contributed by atoms with Gasteiger partial charge in [-0.1, -0.05) is 129 Å². The highest BCUT2D eigenvalue weighted by molar-refractivity contribution is 5.73. The van der Waals surface area contributed by atoms with Gasteiger partial charge in [0, 0.05) is 116 Å². The molecule has 2 saturated heterocycles. The summed E-state index contributed by atoms with van der Waals surface area (Å²) in [5.74, 6) is -3.98. The van der Waals surface area contributed by atoms with Crippen LogP contribution in [0.15, 0.2) is 12.4 Å². The Morgan fingerprint density at radius 1 is 0.404 bits per heavy atom. The van der Waals surface area contributed by atoms with Gasteiger partial charge in [0.2, 0.25) is 12.6 Å². The van der Waals surface area contributed by atoms with Gasteiger partial charge in [0.1, 0.15) is 12.2 Å². The summed E-state index contributed by atoms with van der Waals surface area (Å²) in [7, 11) is 0. The predicted octanol–water partition coefficient (Wildman–Crippen LogP) is 5.43.